The lowest BCUT2D eigenvalue weighted by atomic mass is 9.96. The van der Waals surface area contributed by atoms with E-state index in [1.54, 1.807) is 0 Å². The van der Waals surface area contributed by atoms with E-state index in [0.29, 0.717) is 13.2 Å². The summed E-state index contributed by atoms with van der Waals surface area (Å²) in [6.07, 6.45) is -2.04. The standard InChI is InChI=1S/C12H19NO6/c1-4-15-10-7-9(18-11(14)13-7)8-6(17-10)5-16-12(2,3)19-8/h6-10H,4-5H2,1-3H3,(H,13,14)/t6-,7-,8-,9+,10-/m1/s1. The van der Waals surface area contributed by atoms with E-state index in [2.05, 4.69) is 5.32 Å². The van der Waals surface area contributed by atoms with Crippen molar-refractivity contribution in [2.45, 2.75) is 57.2 Å². The molecule has 1 N–H and O–H groups in total. The van der Waals surface area contributed by atoms with Crippen LogP contribution in [0.1, 0.15) is 20.8 Å². The molecule has 3 fully saturated rings. The van der Waals surface area contributed by atoms with Gasteiger partial charge in [-0.3, -0.25) is 0 Å². The van der Waals surface area contributed by atoms with Crippen molar-refractivity contribution in [2.24, 2.45) is 0 Å². The Labute approximate surface area is 111 Å². The molecule has 7 nitrogen and oxygen atoms in total. The molecule has 0 aromatic rings. The minimum absolute atomic E-state index is 0.293. The Kier molecular flexibility index (Phi) is 3.17. The van der Waals surface area contributed by atoms with Crippen LogP contribution in [0.2, 0.25) is 0 Å². The predicted molar refractivity (Wildman–Crippen MR) is 62.4 cm³/mol. The fraction of sp³-hybridized carbons (Fsp3) is 0.917. The molecule has 0 radical (unpaired) electrons. The van der Waals surface area contributed by atoms with Gasteiger partial charge in [0.05, 0.1) is 6.61 Å². The number of alkyl carbamates (subject to hydrolysis) is 1. The molecule has 5 atom stereocenters. The molecule has 19 heavy (non-hydrogen) atoms. The van der Waals surface area contributed by atoms with Crippen LogP contribution in [0.3, 0.4) is 0 Å². The second-order valence-electron chi connectivity index (χ2n) is 5.33. The lowest BCUT2D eigenvalue weighted by Crippen LogP contribution is -2.65. The number of hydrogen-bond donors (Lipinski definition) is 1. The van der Waals surface area contributed by atoms with E-state index in [4.69, 9.17) is 23.7 Å². The smallest absolute Gasteiger partial charge is 0.408 e. The Hall–Kier alpha value is -0.890. The van der Waals surface area contributed by atoms with Crippen LogP contribution in [0.5, 0.6) is 0 Å². The fourth-order valence-electron chi connectivity index (χ4n) is 2.72. The minimum Gasteiger partial charge on any atom is -0.441 e. The highest BCUT2D eigenvalue weighted by Gasteiger charge is 2.56. The van der Waals surface area contributed by atoms with Gasteiger partial charge in [0, 0.05) is 6.61 Å². The quantitative estimate of drug-likeness (QED) is 0.783. The summed E-state index contributed by atoms with van der Waals surface area (Å²) in [6, 6.07) is -0.345. The molecule has 0 aromatic carbocycles. The van der Waals surface area contributed by atoms with Crippen molar-refractivity contribution in [3.63, 3.8) is 0 Å². The second kappa shape index (κ2) is 4.59. The van der Waals surface area contributed by atoms with Crippen LogP contribution in [0.15, 0.2) is 0 Å². The molecule has 0 aromatic heterocycles. The van der Waals surface area contributed by atoms with Crippen LogP contribution >= 0.6 is 0 Å². The first-order valence-corrected chi connectivity index (χ1v) is 6.56. The van der Waals surface area contributed by atoms with Gasteiger partial charge in [0.1, 0.15) is 18.2 Å². The summed E-state index contributed by atoms with van der Waals surface area (Å²) in [7, 11) is 0. The van der Waals surface area contributed by atoms with Gasteiger partial charge < -0.3 is 29.0 Å². The van der Waals surface area contributed by atoms with Gasteiger partial charge in [-0.25, -0.2) is 4.79 Å². The maximum absolute atomic E-state index is 11.5. The highest BCUT2D eigenvalue weighted by molar-refractivity contribution is 5.70. The van der Waals surface area contributed by atoms with Crippen LogP contribution in [0.25, 0.3) is 0 Å². The molecule has 0 aliphatic carbocycles. The molecule has 3 heterocycles. The van der Waals surface area contributed by atoms with Gasteiger partial charge in [-0.1, -0.05) is 0 Å². The zero-order valence-corrected chi connectivity index (χ0v) is 11.3. The summed E-state index contributed by atoms with van der Waals surface area (Å²) in [5.41, 5.74) is 0. The van der Waals surface area contributed by atoms with Crippen molar-refractivity contribution in [2.75, 3.05) is 13.2 Å². The van der Waals surface area contributed by atoms with Crippen LogP contribution < -0.4 is 5.32 Å². The Morgan fingerprint density at radius 2 is 2.21 bits per heavy atom. The van der Waals surface area contributed by atoms with Crippen molar-refractivity contribution in [1.82, 2.24) is 5.32 Å². The molecule has 3 saturated heterocycles. The monoisotopic (exact) mass is 273 g/mol. The van der Waals surface area contributed by atoms with Crippen molar-refractivity contribution >= 4 is 6.09 Å². The second-order valence-corrected chi connectivity index (χ2v) is 5.33. The van der Waals surface area contributed by atoms with E-state index in [1.807, 2.05) is 20.8 Å². The largest absolute Gasteiger partial charge is 0.441 e. The average Bonchev–Trinajstić information content (AvgIpc) is 2.72. The van der Waals surface area contributed by atoms with E-state index >= 15 is 0 Å². The lowest BCUT2D eigenvalue weighted by molar-refractivity contribution is -0.362. The summed E-state index contributed by atoms with van der Waals surface area (Å²) in [4.78, 5) is 11.5. The van der Waals surface area contributed by atoms with Crippen LogP contribution in [-0.4, -0.2) is 55.7 Å². The number of hydrogen-bond acceptors (Lipinski definition) is 6. The molecule has 0 unspecified atom stereocenters. The number of carbonyl (C=O) groups is 1. The van der Waals surface area contributed by atoms with Gasteiger partial charge >= 0.3 is 6.09 Å². The topological polar surface area (TPSA) is 75.2 Å². The number of carbonyl (C=O) groups excluding carboxylic acids is 1. The molecule has 0 bridgehead atoms. The molecule has 3 aliphatic rings. The molecule has 1 amide bonds. The minimum atomic E-state index is -0.706. The average molecular weight is 273 g/mol. The first-order chi connectivity index (χ1) is 9.00. The van der Waals surface area contributed by atoms with E-state index in [0.717, 1.165) is 0 Å². The highest BCUT2D eigenvalue weighted by atomic mass is 16.8. The number of fused-ring (bicyclic) bond motifs is 3. The molecule has 108 valence electrons. The van der Waals surface area contributed by atoms with Crippen molar-refractivity contribution in [3.8, 4) is 0 Å². The first kappa shape index (κ1) is 13.1. The Balaban J connectivity index is 1.81. The van der Waals surface area contributed by atoms with E-state index < -0.39 is 24.3 Å². The summed E-state index contributed by atoms with van der Waals surface area (Å²) in [5.74, 6) is -0.706. The van der Waals surface area contributed by atoms with Crippen molar-refractivity contribution in [3.05, 3.63) is 0 Å². The van der Waals surface area contributed by atoms with E-state index in [1.165, 1.54) is 0 Å². The predicted octanol–water partition coefficient (Wildman–Crippen LogP) is 0.376. The van der Waals surface area contributed by atoms with Crippen LogP contribution in [0.4, 0.5) is 4.79 Å². The maximum atomic E-state index is 11.5. The molecule has 7 heteroatoms. The fourth-order valence-corrected chi connectivity index (χ4v) is 2.72. The zero-order valence-electron chi connectivity index (χ0n) is 11.3. The third kappa shape index (κ3) is 2.31. The first-order valence-electron chi connectivity index (χ1n) is 6.56. The molecule has 0 saturated carbocycles. The van der Waals surface area contributed by atoms with Gasteiger partial charge in [-0.2, -0.15) is 0 Å². The van der Waals surface area contributed by atoms with E-state index in [9.17, 15) is 4.79 Å². The molecule has 3 aliphatic heterocycles. The Morgan fingerprint density at radius 3 is 2.95 bits per heavy atom. The lowest BCUT2D eigenvalue weighted by Gasteiger charge is -2.48. The van der Waals surface area contributed by atoms with Gasteiger partial charge in [0.25, 0.3) is 0 Å². The number of ether oxygens (including phenoxy) is 5. The highest BCUT2D eigenvalue weighted by Crippen LogP contribution is 2.35. The van der Waals surface area contributed by atoms with Gasteiger partial charge in [-0.15, -0.1) is 0 Å². The van der Waals surface area contributed by atoms with Crippen LogP contribution in [-0.2, 0) is 23.7 Å². The van der Waals surface area contributed by atoms with Gasteiger partial charge in [0.2, 0.25) is 0 Å². The molecule has 0 spiro atoms. The normalized spacial score (nSPS) is 43.9. The molecular formula is C12H19NO6. The zero-order chi connectivity index (χ0) is 13.6. The van der Waals surface area contributed by atoms with Crippen molar-refractivity contribution < 1.29 is 28.5 Å². The van der Waals surface area contributed by atoms with Gasteiger partial charge in [-0.05, 0) is 20.8 Å². The Morgan fingerprint density at radius 1 is 1.42 bits per heavy atom. The number of amides is 1. The summed E-state index contributed by atoms with van der Waals surface area (Å²) >= 11 is 0. The third-order valence-electron chi connectivity index (χ3n) is 3.52. The Bertz CT molecular complexity index is 373. The molecule has 3 rings (SSSR count). The summed E-state index contributed by atoms with van der Waals surface area (Å²) < 4.78 is 28.1. The van der Waals surface area contributed by atoms with Gasteiger partial charge in [0.15, 0.2) is 18.2 Å². The number of rotatable bonds is 2. The van der Waals surface area contributed by atoms with Crippen molar-refractivity contribution in [1.29, 1.82) is 0 Å². The maximum Gasteiger partial charge on any atom is 0.408 e. The third-order valence-corrected chi connectivity index (χ3v) is 3.52. The van der Waals surface area contributed by atoms with E-state index in [-0.39, 0.29) is 18.2 Å². The number of nitrogens with one attached hydrogen (secondary N) is 1. The molecular weight excluding hydrogens is 254 g/mol. The van der Waals surface area contributed by atoms with Crippen LogP contribution in [0, 0.1) is 0 Å². The summed E-state index contributed by atoms with van der Waals surface area (Å²) in [6.45, 7) is 6.42. The SMILES string of the molecule is CCO[C@@H]1O[C@@H]2COC(C)(C)O[C@H]2[C@H]2OC(=O)N[C@@H]12. The summed E-state index contributed by atoms with van der Waals surface area (Å²) in [5, 5.41) is 2.72.